The van der Waals surface area contributed by atoms with Gasteiger partial charge in [-0.05, 0) is 37.3 Å². The van der Waals surface area contributed by atoms with E-state index < -0.39 is 0 Å². The normalized spacial score (nSPS) is 15.8. The third kappa shape index (κ3) is 5.76. The molecular weight excluding hydrogens is 264 g/mol. The Labute approximate surface area is 127 Å². The van der Waals surface area contributed by atoms with Gasteiger partial charge in [0.1, 0.15) is 0 Å². The van der Waals surface area contributed by atoms with Crippen molar-refractivity contribution in [3.8, 4) is 0 Å². The fourth-order valence-corrected chi connectivity index (χ4v) is 2.76. The zero-order valence-electron chi connectivity index (χ0n) is 12.6. The fourth-order valence-electron chi connectivity index (χ4n) is 2.76. The van der Waals surface area contributed by atoms with Crippen molar-refractivity contribution in [1.29, 1.82) is 0 Å². The van der Waals surface area contributed by atoms with E-state index in [9.17, 15) is 4.79 Å². The molecule has 1 aliphatic carbocycles. The molecule has 0 radical (unpaired) electrons. The van der Waals surface area contributed by atoms with Gasteiger partial charge in [-0.1, -0.05) is 31.4 Å². The summed E-state index contributed by atoms with van der Waals surface area (Å²) in [6.45, 7) is 1.52. The number of hydrogen-bond acceptors (Lipinski definition) is 3. The maximum absolute atomic E-state index is 11.8. The molecule has 0 atom stereocenters. The summed E-state index contributed by atoms with van der Waals surface area (Å²) in [6.07, 6.45) is 7.88. The maximum Gasteiger partial charge on any atom is 0.224 e. The lowest BCUT2D eigenvalue weighted by molar-refractivity contribution is -0.116. The van der Waals surface area contributed by atoms with Crippen molar-refractivity contribution in [1.82, 2.24) is 0 Å². The number of ether oxygens (including phenoxy) is 1. The monoisotopic (exact) mass is 290 g/mol. The van der Waals surface area contributed by atoms with Crippen molar-refractivity contribution >= 4 is 17.3 Å². The molecule has 4 heteroatoms. The Morgan fingerprint density at radius 1 is 1.24 bits per heavy atom. The van der Waals surface area contributed by atoms with Crippen LogP contribution in [0.5, 0.6) is 0 Å². The molecule has 1 amide bonds. The van der Waals surface area contributed by atoms with E-state index in [0.717, 1.165) is 18.9 Å². The first-order valence-electron chi connectivity index (χ1n) is 7.98. The molecule has 1 aliphatic rings. The van der Waals surface area contributed by atoms with Crippen LogP contribution in [0, 0.1) is 5.92 Å². The van der Waals surface area contributed by atoms with Crippen LogP contribution >= 0.6 is 0 Å². The summed E-state index contributed by atoms with van der Waals surface area (Å²) in [5.74, 6) is 0.728. The number of hydrogen-bond donors (Lipinski definition) is 2. The van der Waals surface area contributed by atoms with Crippen LogP contribution in [-0.2, 0) is 9.53 Å². The maximum atomic E-state index is 11.8. The molecule has 0 saturated heterocycles. The van der Waals surface area contributed by atoms with Crippen LogP contribution in [0.2, 0.25) is 0 Å². The first-order valence-corrected chi connectivity index (χ1v) is 7.98. The first-order chi connectivity index (χ1) is 10.3. The standard InChI is InChI=1S/C17H26N2O2/c18-15-9-4-5-10-16(15)19-17(20)11-6-12-21-13-14-7-2-1-3-8-14/h4-5,9-10,14H,1-3,6-8,11-13,18H2,(H,19,20). The summed E-state index contributed by atoms with van der Waals surface area (Å²) in [5.41, 5.74) is 7.07. The Morgan fingerprint density at radius 3 is 2.76 bits per heavy atom. The second-order valence-electron chi connectivity index (χ2n) is 5.82. The zero-order valence-corrected chi connectivity index (χ0v) is 12.6. The lowest BCUT2D eigenvalue weighted by Gasteiger charge is -2.21. The van der Waals surface area contributed by atoms with Crippen LogP contribution in [0.1, 0.15) is 44.9 Å². The Kier molecular flexibility index (Phi) is 6.54. The van der Waals surface area contributed by atoms with Gasteiger partial charge in [0.05, 0.1) is 11.4 Å². The molecule has 3 N–H and O–H groups in total. The number of anilines is 2. The number of nitrogens with one attached hydrogen (secondary N) is 1. The van der Waals surface area contributed by atoms with Gasteiger partial charge in [-0.15, -0.1) is 0 Å². The average molecular weight is 290 g/mol. The van der Waals surface area contributed by atoms with Gasteiger partial charge in [0.25, 0.3) is 0 Å². The molecular formula is C17H26N2O2. The van der Waals surface area contributed by atoms with Gasteiger partial charge in [-0.3, -0.25) is 4.79 Å². The molecule has 2 rings (SSSR count). The Bertz CT molecular complexity index is 442. The predicted octanol–water partition coefficient (Wildman–Crippen LogP) is 3.58. The topological polar surface area (TPSA) is 64.3 Å². The summed E-state index contributed by atoms with van der Waals surface area (Å²) >= 11 is 0. The number of benzene rings is 1. The smallest absolute Gasteiger partial charge is 0.224 e. The average Bonchev–Trinajstić information content (AvgIpc) is 2.50. The summed E-state index contributed by atoms with van der Waals surface area (Å²) in [7, 11) is 0. The largest absolute Gasteiger partial charge is 0.397 e. The molecule has 0 bridgehead atoms. The molecule has 1 fully saturated rings. The summed E-state index contributed by atoms with van der Waals surface area (Å²) in [5, 5.41) is 2.83. The van der Waals surface area contributed by atoms with Crippen molar-refractivity contribution < 1.29 is 9.53 Å². The molecule has 0 heterocycles. The van der Waals surface area contributed by atoms with Crippen LogP contribution < -0.4 is 11.1 Å². The van der Waals surface area contributed by atoms with Crippen molar-refractivity contribution in [3.63, 3.8) is 0 Å². The highest BCUT2D eigenvalue weighted by Gasteiger charge is 2.13. The number of rotatable bonds is 7. The van der Waals surface area contributed by atoms with Gasteiger partial charge < -0.3 is 15.8 Å². The van der Waals surface area contributed by atoms with E-state index in [-0.39, 0.29) is 5.91 Å². The molecule has 0 spiro atoms. The number of para-hydroxylation sites is 2. The molecule has 1 saturated carbocycles. The Morgan fingerprint density at radius 2 is 2.00 bits per heavy atom. The third-order valence-electron chi connectivity index (χ3n) is 4.01. The van der Waals surface area contributed by atoms with E-state index in [2.05, 4.69) is 5.32 Å². The van der Waals surface area contributed by atoms with Gasteiger partial charge in [-0.2, -0.15) is 0 Å². The molecule has 116 valence electrons. The van der Waals surface area contributed by atoms with E-state index in [1.807, 2.05) is 18.2 Å². The highest BCUT2D eigenvalue weighted by molar-refractivity contribution is 5.93. The van der Waals surface area contributed by atoms with Crippen LogP contribution in [0.4, 0.5) is 11.4 Å². The van der Waals surface area contributed by atoms with Crippen molar-refractivity contribution in [3.05, 3.63) is 24.3 Å². The Hall–Kier alpha value is -1.55. The van der Waals surface area contributed by atoms with E-state index in [0.29, 0.717) is 24.4 Å². The summed E-state index contributed by atoms with van der Waals surface area (Å²) < 4.78 is 5.69. The quantitative estimate of drug-likeness (QED) is 0.596. The molecule has 1 aromatic carbocycles. The lowest BCUT2D eigenvalue weighted by Crippen LogP contribution is -2.16. The van der Waals surface area contributed by atoms with Gasteiger partial charge in [0, 0.05) is 19.6 Å². The summed E-state index contributed by atoms with van der Waals surface area (Å²) in [6, 6.07) is 7.30. The van der Waals surface area contributed by atoms with Crippen LogP contribution in [-0.4, -0.2) is 19.1 Å². The SMILES string of the molecule is Nc1ccccc1NC(=O)CCCOCC1CCCCC1. The van der Waals surface area contributed by atoms with Gasteiger partial charge in [0.2, 0.25) is 5.91 Å². The minimum absolute atomic E-state index is 0.00540. The number of nitrogen functional groups attached to an aromatic ring is 1. The number of carbonyl (C=O) groups excluding carboxylic acids is 1. The molecule has 0 aliphatic heterocycles. The van der Waals surface area contributed by atoms with Crippen LogP contribution in [0.15, 0.2) is 24.3 Å². The second-order valence-corrected chi connectivity index (χ2v) is 5.82. The minimum Gasteiger partial charge on any atom is -0.397 e. The van der Waals surface area contributed by atoms with E-state index >= 15 is 0 Å². The zero-order chi connectivity index (χ0) is 14.9. The number of carbonyl (C=O) groups is 1. The van der Waals surface area contributed by atoms with Crippen molar-refractivity contribution in [2.24, 2.45) is 5.92 Å². The minimum atomic E-state index is -0.00540. The molecule has 21 heavy (non-hydrogen) atoms. The molecule has 4 nitrogen and oxygen atoms in total. The van der Waals surface area contributed by atoms with Crippen LogP contribution in [0.3, 0.4) is 0 Å². The first kappa shape index (κ1) is 15.8. The van der Waals surface area contributed by atoms with Crippen molar-refractivity contribution in [2.45, 2.75) is 44.9 Å². The third-order valence-corrected chi connectivity index (χ3v) is 4.01. The highest BCUT2D eigenvalue weighted by atomic mass is 16.5. The Balaban J connectivity index is 1.56. The molecule has 0 unspecified atom stereocenters. The van der Waals surface area contributed by atoms with Gasteiger partial charge in [-0.25, -0.2) is 0 Å². The van der Waals surface area contributed by atoms with E-state index in [1.54, 1.807) is 6.07 Å². The van der Waals surface area contributed by atoms with Gasteiger partial charge in [0.15, 0.2) is 0 Å². The molecule has 0 aromatic heterocycles. The fraction of sp³-hybridized carbons (Fsp3) is 0.588. The van der Waals surface area contributed by atoms with Crippen LogP contribution in [0.25, 0.3) is 0 Å². The predicted molar refractivity (Wildman–Crippen MR) is 86.1 cm³/mol. The second kappa shape index (κ2) is 8.67. The lowest BCUT2D eigenvalue weighted by atomic mass is 9.90. The summed E-state index contributed by atoms with van der Waals surface area (Å²) in [4.78, 5) is 11.8. The number of nitrogens with two attached hydrogens (primary N) is 1. The number of amides is 1. The molecule has 1 aromatic rings. The van der Waals surface area contributed by atoms with Crippen molar-refractivity contribution in [2.75, 3.05) is 24.3 Å². The van der Waals surface area contributed by atoms with Gasteiger partial charge >= 0.3 is 0 Å². The van der Waals surface area contributed by atoms with E-state index in [1.165, 1.54) is 32.1 Å². The van der Waals surface area contributed by atoms with E-state index in [4.69, 9.17) is 10.5 Å². The highest BCUT2D eigenvalue weighted by Crippen LogP contribution is 2.23.